The van der Waals surface area contributed by atoms with Crippen LogP contribution in [0.25, 0.3) is 0 Å². The number of halogens is 1. The van der Waals surface area contributed by atoms with E-state index in [0.717, 1.165) is 19.3 Å². The summed E-state index contributed by atoms with van der Waals surface area (Å²) in [6.07, 6.45) is 3.18. The molecule has 19 heavy (non-hydrogen) atoms. The molecular formula is C15H21FN2O. The summed E-state index contributed by atoms with van der Waals surface area (Å²) in [5.41, 5.74) is 5.87. The molecule has 3 nitrogen and oxygen atoms in total. The van der Waals surface area contributed by atoms with Crippen molar-refractivity contribution in [2.45, 2.75) is 39.2 Å². The first kappa shape index (κ1) is 13.8. The molecule has 1 aliphatic rings. The molecule has 1 aliphatic carbocycles. The zero-order chi connectivity index (χ0) is 14.0. The molecule has 2 rings (SSSR count). The van der Waals surface area contributed by atoms with E-state index in [0.29, 0.717) is 17.5 Å². The van der Waals surface area contributed by atoms with Gasteiger partial charge in [-0.3, -0.25) is 4.79 Å². The first-order valence-electron chi connectivity index (χ1n) is 6.83. The summed E-state index contributed by atoms with van der Waals surface area (Å²) in [6, 6.07) is 4.31. The quantitative estimate of drug-likeness (QED) is 0.807. The predicted molar refractivity (Wildman–Crippen MR) is 74.2 cm³/mol. The van der Waals surface area contributed by atoms with Crippen LogP contribution in [-0.2, 0) is 0 Å². The number of hydrogen-bond donors (Lipinski definition) is 2. The Morgan fingerprint density at radius 1 is 1.37 bits per heavy atom. The van der Waals surface area contributed by atoms with E-state index in [9.17, 15) is 9.18 Å². The summed E-state index contributed by atoms with van der Waals surface area (Å²) in [4.78, 5) is 12.1. The minimum absolute atomic E-state index is 0.0695. The highest BCUT2D eigenvalue weighted by Gasteiger charge is 2.27. The van der Waals surface area contributed by atoms with Crippen LogP contribution >= 0.6 is 0 Å². The SMILES string of the molecule is CC1CCC(NC(=O)c2ccc(N)cc2F)C(C)C1. The van der Waals surface area contributed by atoms with Gasteiger partial charge in [0.05, 0.1) is 5.56 Å². The minimum Gasteiger partial charge on any atom is -0.399 e. The molecule has 4 heteroatoms. The van der Waals surface area contributed by atoms with Gasteiger partial charge in [-0.15, -0.1) is 0 Å². The van der Waals surface area contributed by atoms with Gasteiger partial charge in [0.1, 0.15) is 5.82 Å². The number of carbonyl (C=O) groups excluding carboxylic acids is 1. The van der Waals surface area contributed by atoms with Gasteiger partial charge in [-0.05, 0) is 49.3 Å². The molecular weight excluding hydrogens is 243 g/mol. The van der Waals surface area contributed by atoms with Crippen molar-refractivity contribution in [3.63, 3.8) is 0 Å². The average molecular weight is 264 g/mol. The summed E-state index contributed by atoms with van der Waals surface area (Å²) in [7, 11) is 0. The average Bonchev–Trinajstić information content (AvgIpc) is 2.32. The van der Waals surface area contributed by atoms with Crippen molar-refractivity contribution in [3.8, 4) is 0 Å². The zero-order valence-electron chi connectivity index (χ0n) is 11.4. The first-order chi connectivity index (χ1) is 8.97. The monoisotopic (exact) mass is 264 g/mol. The molecule has 0 aromatic heterocycles. The van der Waals surface area contributed by atoms with Gasteiger partial charge >= 0.3 is 0 Å². The van der Waals surface area contributed by atoms with Gasteiger partial charge in [-0.2, -0.15) is 0 Å². The smallest absolute Gasteiger partial charge is 0.254 e. The Bertz CT molecular complexity index is 475. The van der Waals surface area contributed by atoms with E-state index in [2.05, 4.69) is 19.2 Å². The fourth-order valence-electron chi connectivity index (χ4n) is 2.84. The van der Waals surface area contributed by atoms with Crippen molar-refractivity contribution in [2.75, 3.05) is 5.73 Å². The van der Waals surface area contributed by atoms with E-state index in [4.69, 9.17) is 5.73 Å². The molecule has 1 saturated carbocycles. The van der Waals surface area contributed by atoms with E-state index in [1.54, 1.807) is 6.07 Å². The van der Waals surface area contributed by atoms with E-state index in [1.807, 2.05) is 0 Å². The molecule has 3 N–H and O–H groups in total. The molecule has 3 unspecified atom stereocenters. The molecule has 1 aromatic rings. The Morgan fingerprint density at radius 3 is 2.74 bits per heavy atom. The maximum atomic E-state index is 13.7. The Hall–Kier alpha value is -1.58. The van der Waals surface area contributed by atoms with Crippen molar-refractivity contribution >= 4 is 11.6 Å². The molecule has 1 amide bonds. The van der Waals surface area contributed by atoms with Crippen LogP contribution in [0.5, 0.6) is 0 Å². The highest BCUT2D eigenvalue weighted by Crippen LogP contribution is 2.28. The largest absolute Gasteiger partial charge is 0.399 e. The fraction of sp³-hybridized carbons (Fsp3) is 0.533. The van der Waals surface area contributed by atoms with Crippen LogP contribution in [0, 0.1) is 17.7 Å². The molecule has 0 radical (unpaired) electrons. The first-order valence-corrected chi connectivity index (χ1v) is 6.83. The molecule has 0 saturated heterocycles. The number of carbonyl (C=O) groups is 1. The lowest BCUT2D eigenvalue weighted by Crippen LogP contribution is -2.42. The van der Waals surface area contributed by atoms with Gasteiger partial charge < -0.3 is 11.1 Å². The van der Waals surface area contributed by atoms with E-state index in [-0.39, 0.29) is 17.5 Å². The Morgan fingerprint density at radius 2 is 2.11 bits per heavy atom. The van der Waals surface area contributed by atoms with Gasteiger partial charge in [-0.1, -0.05) is 13.8 Å². The summed E-state index contributed by atoms with van der Waals surface area (Å²) in [5.74, 6) is 0.235. The summed E-state index contributed by atoms with van der Waals surface area (Å²) in [5, 5.41) is 2.95. The van der Waals surface area contributed by atoms with Gasteiger partial charge in [-0.25, -0.2) is 4.39 Å². The molecule has 3 atom stereocenters. The van der Waals surface area contributed by atoms with Crippen LogP contribution in [-0.4, -0.2) is 11.9 Å². The molecule has 0 bridgehead atoms. The molecule has 0 spiro atoms. The number of rotatable bonds is 2. The Balaban J connectivity index is 2.04. The number of amides is 1. The number of nitrogens with two attached hydrogens (primary N) is 1. The minimum atomic E-state index is -0.561. The maximum absolute atomic E-state index is 13.7. The molecule has 104 valence electrons. The van der Waals surface area contributed by atoms with E-state index >= 15 is 0 Å². The van der Waals surface area contributed by atoms with Crippen LogP contribution in [0.3, 0.4) is 0 Å². The van der Waals surface area contributed by atoms with Crippen molar-refractivity contribution in [2.24, 2.45) is 11.8 Å². The predicted octanol–water partition coefficient (Wildman–Crippen LogP) is 2.96. The number of hydrogen-bond acceptors (Lipinski definition) is 2. The molecule has 1 aromatic carbocycles. The van der Waals surface area contributed by atoms with E-state index in [1.165, 1.54) is 12.1 Å². The van der Waals surface area contributed by atoms with Crippen molar-refractivity contribution < 1.29 is 9.18 Å². The molecule has 0 aliphatic heterocycles. The number of nitrogen functional groups attached to an aromatic ring is 1. The zero-order valence-corrected chi connectivity index (χ0v) is 11.4. The van der Waals surface area contributed by atoms with Crippen molar-refractivity contribution in [1.29, 1.82) is 0 Å². The highest BCUT2D eigenvalue weighted by atomic mass is 19.1. The Labute approximate surface area is 113 Å². The summed E-state index contributed by atoms with van der Waals surface area (Å²) < 4.78 is 13.7. The van der Waals surface area contributed by atoms with Gasteiger partial charge in [0.2, 0.25) is 0 Å². The second-order valence-electron chi connectivity index (χ2n) is 5.71. The van der Waals surface area contributed by atoms with Crippen LogP contribution in [0.4, 0.5) is 10.1 Å². The topological polar surface area (TPSA) is 55.1 Å². The van der Waals surface area contributed by atoms with Gasteiger partial charge in [0, 0.05) is 11.7 Å². The third kappa shape index (κ3) is 3.25. The number of anilines is 1. The van der Waals surface area contributed by atoms with Gasteiger partial charge in [0.25, 0.3) is 5.91 Å². The second-order valence-corrected chi connectivity index (χ2v) is 5.71. The lowest BCUT2D eigenvalue weighted by Gasteiger charge is -2.33. The van der Waals surface area contributed by atoms with Crippen molar-refractivity contribution in [1.82, 2.24) is 5.32 Å². The standard InChI is InChI=1S/C15H21FN2O/c1-9-3-6-14(10(2)7-9)18-15(19)12-5-4-11(17)8-13(12)16/h4-5,8-10,14H,3,6-7,17H2,1-2H3,(H,18,19). The lowest BCUT2D eigenvalue weighted by atomic mass is 9.80. The number of nitrogens with one attached hydrogen (secondary N) is 1. The van der Waals surface area contributed by atoms with Crippen LogP contribution in [0.15, 0.2) is 18.2 Å². The normalized spacial score (nSPS) is 27.0. The Kier molecular flexibility index (Phi) is 4.08. The van der Waals surface area contributed by atoms with E-state index < -0.39 is 5.82 Å². The fourth-order valence-corrected chi connectivity index (χ4v) is 2.84. The van der Waals surface area contributed by atoms with Gasteiger partial charge in [0.15, 0.2) is 0 Å². The highest BCUT2D eigenvalue weighted by molar-refractivity contribution is 5.95. The maximum Gasteiger partial charge on any atom is 0.254 e. The van der Waals surface area contributed by atoms with Crippen molar-refractivity contribution in [3.05, 3.63) is 29.6 Å². The lowest BCUT2D eigenvalue weighted by molar-refractivity contribution is 0.0895. The van der Waals surface area contributed by atoms with Crippen LogP contribution in [0.2, 0.25) is 0 Å². The summed E-state index contributed by atoms with van der Waals surface area (Å²) in [6.45, 7) is 4.37. The summed E-state index contributed by atoms with van der Waals surface area (Å²) >= 11 is 0. The van der Waals surface area contributed by atoms with Crippen LogP contribution < -0.4 is 11.1 Å². The van der Waals surface area contributed by atoms with Crippen LogP contribution in [0.1, 0.15) is 43.5 Å². The second kappa shape index (κ2) is 5.59. The third-order valence-electron chi connectivity index (χ3n) is 3.99. The molecule has 0 heterocycles. The molecule has 1 fully saturated rings. The third-order valence-corrected chi connectivity index (χ3v) is 3.99. The number of benzene rings is 1.